The van der Waals surface area contributed by atoms with Crippen LogP contribution in [-0.4, -0.2) is 11.8 Å². The molecule has 1 fully saturated rings. The Morgan fingerprint density at radius 3 is 2.65 bits per heavy atom. The zero-order valence-electron chi connectivity index (χ0n) is 9.31. The van der Waals surface area contributed by atoms with E-state index in [1.165, 1.54) is 0 Å². The molecule has 1 unspecified atom stereocenters. The quantitative estimate of drug-likeness (QED) is 0.547. The number of ketones is 1. The molecule has 1 aliphatic carbocycles. The van der Waals surface area contributed by atoms with Crippen LogP contribution in [0.5, 0.6) is 0 Å². The molecule has 2 aliphatic rings. The van der Waals surface area contributed by atoms with E-state index in [0.717, 1.165) is 30.4 Å². The molecule has 0 bridgehead atoms. The van der Waals surface area contributed by atoms with Gasteiger partial charge in [0.05, 0.1) is 5.92 Å². The van der Waals surface area contributed by atoms with Gasteiger partial charge in [-0.05, 0) is 30.4 Å². The zero-order chi connectivity index (χ0) is 11.8. The van der Waals surface area contributed by atoms with Gasteiger partial charge in [-0.15, -0.1) is 0 Å². The Labute approximate surface area is 99.1 Å². The van der Waals surface area contributed by atoms with Crippen molar-refractivity contribution in [2.24, 2.45) is 5.92 Å². The molecule has 1 aliphatic heterocycles. The van der Waals surface area contributed by atoms with Gasteiger partial charge in [-0.1, -0.05) is 30.3 Å². The molecule has 0 aromatic heterocycles. The molecule has 0 radical (unpaired) electrons. The fourth-order valence-corrected chi connectivity index (χ4v) is 2.55. The van der Waals surface area contributed by atoms with Gasteiger partial charge >= 0.3 is 5.97 Å². The highest BCUT2D eigenvalue weighted by Gasteiger charge is 2.42. The number of ether oxygens (including phenoxy) is 1. The van der Waals surface area contributed by atoms with E-state index in [4.69, 9.17) is 4.74 Å². The van der Waals surface area contributed by atoms with E-state index in [2.05, 4.69) is 0 Å². The van der Waals surface area contributed by atoms with Gasteiger partial charge in [-0.25, -0.2) is 4.79 Å². The lowest BCUT2D eigenvalue weighted by atomic mass is 9.84. The fraction of sp³-hybridized carbons (Fsp3) is 0.286. The molecule has 3 rings (SSSR count). The lowest BCUT2D eigenvalue weighted by molar-refractivity contribution is -0.146. The Bertz CT molecular complexity index is 514. The molecule has 0 saturated carbocycles. The maximum atomic E-state index is 11.6. The summed E-state index contributed by atoms with van der Waals surface area (Å²) in [4.78, 5) is 22.9. The maximum absolute atomic E-state index is 11.6. The van der Waals surface area contributed by atoms with E-state index >= 15 is 0 Å². The van der Waals surface area contributed by atoms with E-state index in [9.17, 15) is 9.59 Å². The average molecular weight is 228 g/mol. The summed E-state index contributed by atoms with van der Waals surface area (Å²) in [6.07, 6.45) is 2.54. The summed E-state index contributed by atoms with van der Waals surface area (Å²) in [7, 11) is 0. The van der Waals surface area contributed by atoms with Crippen LogP contribution in [-0.2, 0) is 14.3 Å². The summed E-state index contributed by atoms with van der Waals surface area (Å²) in [5, 5.41) is 0. The van der Waals surface area contributed by atoms with E-state index in [0.29, 0.717) is 5.76 Å². The van der Waals surface area contributed by atoms with Crippen molar-refractivity contribution in [2.75, 3.05) is 0 Å². The van der Waals surface area contributed by atoms with Crippen LogP contribution in [0.25, 0.3) is 5.57 Å². The van der Waals surface area contributed by atoms with Crippen molar-refractivity contribution in [3.63, 3.8) is 0 Å². The van der Waals surface area contributed by atoms with Crippen molar-refractivity contribution in [1.82, 2.24) is 0 Å². The second-order valence-electron chi connectivity index (χ2n) is 4.41. The SMILES string of the molecule is O=C1OC2=C(c3ccccc3)CCCC2C1=O. The first-order valence-corrected chi connectivity index (χ1v) is 5.82. The summed E-state index contributed by atoms with van der Waals surface area (Å²) in [5.41, 5.74) is 2.07. The molecule has 1 atom stereocenters. The number of esters is 1. The zero-order valence-corrected chi connectivity index (χ0v) is 9.31. The Morgan fingerprint density at radius 2 is 1.88 bits per heavy atom. The number of hydrogen-bond donors (Lipinski definition) is 0. The largest absolute Gasteiger partial charge is 0.424 e. The van der Waals surface area contributed by atoms with Crippen LogP contribution in [0, 0.1) is 5.92 Å². The van der Waals surface area contributed by atoms with Crippen LogP contribution in [0.4, 0.5) is 0 Å². The molecule has 3 nitrogen and oxygen atoms in total. The Kier molecular flexibility index (Phi) is 2.32. The summed E-state index contributed by atoms with van der Waals surface area (Å²) in [5.74, 6) is -0.808. The number of allylic oxidation sites excluding steroid dienone is 2. The van der Waals surface area contributed by atoms with Gasteiger partial charge in [0.1, 0.15) is 5.76 Å². The molecule has 0 amide bonds. The highest BCUT2D eigenvalue weighted by Crippen LogP contribution is 2.40. The molecular formula is C14H12O3. The number of Topliss-reactive ketones (excluding diaryl/α,β-unsaturated/α-hetero) is 1. The van der Waals surface area contributed by atoms with Crippen LogP contribution >= 0.6 is 0 Å². The van der Waals surface area contributed by atoms with Crippen LogP contribution in [0.2, 0.25) is 0 Å². The highest BCUT2D eigenvalue weighted by atomic mass is 16.6. The maximum Gasteiger partial charge on any atom is 0.380 e. The van der Waals surface area contributed by atoms with Crippen molar-refractivity contribution in [3.8, 4) is 0 Å². The van der Waals surface area contributed by atoms with Crippen molar-refractivity contribution in [1.29, 1.82) is 0 Å². The lowest BCUT2D eigenvalue weighted by Gasteiger charge is -2.19. The minimum Gasteiger partial charge on any atom is -0.424 e. The van der Waals surface area contributed by atoms with Gasteiger partial charge in [-0.2, -0.15) is 0 Å². The van der Waals surface area contributed by atoms with Crippen molar-refractivity contribution in [2.45, 2.75) is 19.3 Å². The minimum atomic E-state index is -0.694. The van der Waals surface area contributed by atoms with Crippen LogP contribution in [0.3, 0.4) is 0 Å². The van der Waals surface area contributed by atoms with Gasteiger partial charge in [0, 0.05) is 0 Å². The number of benzene rings is 1. The Balaban J connectivity index is 2.10. The molecule has 1 heterocycles. The molecule has 0 N–H and O–H groups in total. The first-order chi connectivity index (χ1) is 8.27. The number of rotatable bonds is 1. The standard InChI is InChI=1S/C14H12O3/c15-12-11-8-4-7-10(13(11)17-14(12)16)9-5-2-1-3-6-9/h1-3,5-6,11H,4,7-8H2. The minimum absolute atomic E-state index is 0.327. The van der Waals surface area contributed by atoms with E-state index in [1.54, 1.807) is 0 Å². The second kappa shape index (κ2) is 3.84. The lowest BCUT2D eigenvalue weighted by Crippen LogP contribution is -2.16. The predicted molar refractivity (Wildman–Crippen MR) is 61.8 cm³/mol. The van der Waals surface area contributed by atoms with E-state index in [-0.39, 0.29) is 11.7 Å². The summed E-state index contributed by atoms with van der Waals surface area (Å²) >= 11 is 0. The summed E-state index contributed by atoms with van der Waals surface area (Å²) in [6.45, 7) is 0. The molecule has 3 heteroatoms. The molecule has 1 aromatic rings. The van der Waals surface area contributed by atoms with Gasteiger partial charge in [0.25, 0.3) is 5.78 Å². The molecule has 1 saturated heterocycles. The molecule has 1 aromatic carbocycles. The van der Waals surface area contributed by atoms with Gasteiger partial charge in [0.15, 0.2) is 0 Å². The summed E-state index contributed by atoms with van der Waals surface area (Å²) in [6, 6.07) is 9.82. The van der Waals surface area contributed by atoms with Crippen molar-refractivity contribution >= 4 is 17.3 Å². The third kappa shape index (κ3) is 1.58. The molecule has 17 heavy (non-hydrogen) atoms. The highest BCUT2D eigenvalue weighted by molar-refractivity contribution is 6.37. The molecular weight excluding hydrogens is 216 g/mol. The topological polar surface area (TPSA) is 43.4 Å². The first kappa shape index (κ1) is 10.3. The predicted octanol–water partition coefficient (Wildman–Crippen LogP) is 2.32. The van der Waals surface area contributed by atoms with Gasteiger partial charge in [-0.3, -0.25) is 4.79 Å². The van der Waals surface area contributed by atoms with Crippen molar-refractivity contribution in [3.05, 3.63) is 41.7 Å². The smallest absolute Gasteiger partial charge is 0.380 e. The Morgan fingerprint density at radius 1 is 1.12 bits per heavy atom. The second-order valence-corrected chi connectivity index (χ2v) is 4.41. The Hall–Kier alpha value is -1.90. The third-order valence-corrected chi connectivity index (χ3v) is 3.38. The first-order valence-electron chi connectivity index (χ1n) is 5.82. The van der Waals surface area contributed by atoms with Gasteiger partial charge < -0.3 is 4.74 Å². The number of fused-ring (bicyclic) bond motifs is 1. The van der Waals surface area contributed by atoms with Crippen LogP contribution < -0.4 is 0 Å². The monoisotopic (exact) mass is 228 g/mol. The summed E-state index contributed by atoms with van der Waals surface area (Å²) < 4.78 is 5.14. The molecule has 86 valence electrons. The van der Waals surface area contributed by atoms with E-state index in [1.807, 2.05) is 30.3 Å². The third-order valence-electron chi connectivity index (χ3n) is 3.38. The number of carbonyl (C=O) groups excluding carboxylic acids is 2. The fourth-order valence-electron chi connectivity index (χ4n) is 2.55. The number of hydrogen-bond acceptors (Lipinski definition) is 3. The number of carbonyl (C=O) groups is 2. The van der Waals surface area contributed by atoms with Crippen LogP contribution in [0.15, 0.2) is 36.1 Å². The van der Waals surface area contributed by atoms with Crippen molar-refractivity contribution < 1.29 is 14.3 Å². The van der Waals surface area contributed by atoms with Crippen LogP contribution in [0.1, 0.15) is 24.8 Å². The average Bonchev–Trinajstić information content (AvgIpc) is 2.67. The van der Waals surface area contributed by atoms with Gasteiger partial charge in [0.2, 0.25) is 0 Å². The molecule has 0 spiro atoms. The van der Waals surface area contributed by atoms with E-state index < -0.39 is 5.97 Å². The normalized spacial score (nSPS) is 23.6.